The smallest absolute Gasteiger partial charge is 0.250 e. The Bertz CT molecular complexity index is 1120. The first kappa shape index (κ1) is 18.2. The summed E-state index contributed by atoms with van der Waals surface area (Å²) in [6.07, 6.45) is 1.09. The average Bonchev–Trinajstić information content (AvgIpc) is 3.02. The monoisotopic (exact) mass is 397 g/mol. The van der Waals surface area contributed by atoms with Gasteiger partial charge in [-0.3, -0.25) is 9.69 Å². The quantitative estimate of drug-likeness (QED) is 0.676. The fourth-order valence-corrected chi connectivity index (χ4v) is 4.71. The van der Waals surface area contributed by atoms with Crippen LogP contribution in [0.25, 0.3) is 11.5 Å². The van der Waals surface area contributed by atoms with Crippen LogP contribution < -0.4 is 5.56 Å². The van der Waals surface area contributed by atoms with Crippen LogP contribution in [-0.4, -0.2) is 27.5 Å². The molecule has 0 radical (unpaired) electrons. The number of fused-ring (bicyclic) bond motifs is 4. The molecule has 150 valence electrons. The minimum atomic E-state index is -0.657. The van der Waals surface area contributed by atoms with Gasteiger partial charge in [-0.25, -0.2) is 13.8 Å². The summed E-state index contributed by atoms with van der Waals surface area (Å²) < 4.78 is 34.7. The number of pyridine rings is 1. The van der Waals surface area contributed by atoms with E-state index in [-0.39, 0.29) is 11.4 Å². The van der Waals surface area contributed by atoms with Gasteiger partial charge in [0.15, 0.2) is 0 Å². The lowest BCUT2D eigenvalue weighted by Gasteiger charge is -2.42. The summed E-state index contributed by atoms with van der Waals surface area (Å²) in [7, 11) is 0. The summed E-state index contributed by atoms with van der Waals surface area (Å²) in [5.74, 6) is 0.304. The number of aromatic nitrogens is 2. The molecule has 4 heterocycles. The summed E-state index contributed by atoms with van der Waals surface area (Å²) in [5.41, 5.74) is 2.24. The van der Waals surface area contributed by atoms with Crippen LogP contribution in [0.1, 0.15) is 29.5 Å². The van der Waals surface area contributed by atoms with Crippen molar-refractivity contribution >= 4 is 0 Å². The molecule has 1 saturated heterocycles. The van der Waals surface area contributed by atoms with Crippen LogP contribution in [0.2, 0.25) is 0 Å². The molecule has 5 rings (SSSR count). The molecular formula is C22H21F2N3O2. The highest BCUT2D eigenvalue weighted by molar-refractivity contribution is 5.53. The molecule has 0 aliphatic carbocycles. The summed E-state index contributed by atoms with van der Waals surface area (Å²) >= 11 is 0. The summed E-state index contributed by atoms with van der Waals surface area (Å²) in [6.45, 7) is 4.90. The van der Waals surface area contributed by atoms with Crippen molar-refractivity contribution in [3.05, 3.63) is 75.5 Å². The second kappa shape index (κ2) is 6.91. The van der Waals surface area contributed by atoms with Gasteiger partial charge in [0.1, 0.15) is 17.4 Å². The van der Waals surface area contributed by atoms with E-state index in [4.69, 9.17) is 4.42 Å². The van der Waals surface area contributed by atoms with E-state index < -0.39 is 11.6 Å². The maximum Gasteiger partial charge on any atom is 0.250 e. The zero-order valence-corrected chi connectivity index (χ0v) is 16.1. The number of oxazole rings is 1. The maximum absolute atomic E-state index is 13.5. The SMILES string of the molecule is Cc1oc(-c2cc(F)cc(F)c2)nc1CN1C[C@@H]2C[C@@H](C1)c1cccc(=O)n1C2. The van der Waals surface area contributed by atoms with E-state index >= 15 is 0 Å². The van der Waals surface area contributed by atoms with Gasteiger partial charge in [0.2, 0.25) is 5.89 Å². The van der Waals surface area contributed by atoms with Gasteiger partial charge in [-0.15, -0.1) is 0 Å². The number of hydrogen-bond acceptors (Lipinski definition) is 4. The zero-order chi connectivity index (χ0) is 20.1. The number of halogens is 2. The van der Waals surface area contributed by atoms with Crippen LogP contribution in [0.3, 0.4) is 0 Å². The molecule has 0 unspecified atom stereocenters. The lowest BCUT2D eigenvalue weighted by molar-refractivity contribution is 0.113. The third kappa shape index (κ3) is 3.40. The molecule has 5 nitrogen and oxygen atoms in total. The molecule has 0 amide bonds. The van der Waals surface area contributed by atoms with E-state index in [2.05, 4.69) is 9.88 Å². The van der Waals surface area contributed by atoms with Crippen molar-refractivity contribution < 1.29 is 13.2 Å². The third-order valence-corrected chi connectivity index (χ3v) is 5.93. The lowest BCUT2D eigenvalue weighted by Crippen LogP contribution is -2.46. The van der Waals surface area contributed by atoms with Crippen molar-refractivity contribution in [3.63, 3.8) is 0 Å². The van der Waals surface area contributed by atoms with E-state index in [1.54, 1.807) is 6.07 Å². The topological polar surface area (TPSA) is 51.3 Å². The molecule has 0 N–H and O–H groups in total. The minimum absolute atomic E-state index is 0.0740. The van der Waals surface area contributed by atoms with Gasteiger partial charge < -0.3 is 8.98 Å². The average molecular weight is 397 g/mol. The van der Waals surface area contributed by atoms with Crippen molar-refractivity contribution in [2.24, 2.45) is 5.92 Å². The standard InChI is InChI=1S/C22H21F2N3O2/c1-13-19(25-22(29-13)15-6-17(23)8-18(24)7-15)12-26-9-14-5-16(11-26)20-3-2-4-21(28)27(20)10-14/h2-4,6-8,14,16H,5,9-12H2,1H3/t14-,16-/m0/s1. The Hall–Kier alpha value is -2.80. The summed E-state index contributed by atoms with van der Waals surface area (Å²) in [4.78, 5) is 19.0. The molecule has 1 aromatic carbocycles. The van der Waals surface area contributed by atoms with Gasteiger partial charge in [-0.05, 0) is 37.5 Å². The lowest BCUT2D eigenvalue weighted by atomic mass is 9.83. The Morgan fingerprint density at radius 3 is 2.72 bits per heavy atom. The van der Waals surface area contributed by atoms with Gasteiger partial charge in [-0.2, -0.15) is 0 Å². The number of likely N-dealkylation sites (tertiary alicyclic amines) is 1. The fraction of sp³-hybridized carbons (Fsp3) is 0.364. The van der Waals surface area contributed by atoms with Crippen LogP contribution in [0.15, 0.2) is 45.6 Å². The van der Waals surface area contributed by atoms with Crippen LogP contribution in [0, 0.1) is 24.5 Å². The van der Waals surface area contributed by atoms with Crippen molar-refractivity contribution in [3.8, 4) is 11.5 Å². The van der Waals surface area contributed by atoms with Crippen molar-refractivity contribution in [2.75, 3.05) is 13.1 Å². The number of aryl methyl sites for hydroxylation is 1. The molecule has 29 heavy (non-hydrogen) atoms. The molecule has 2 atom stereocenters. The summed E-state index contributed by atoms with van der Waals surface area (Å²) in [6, 6.07) is 8.77. The first-order valence-corrected chi connectivity index (χ1v) is 9.81. The highest BCUT2D eigenvalue weighted by Crippen LogP contribution is 2.36. The Kier molecular flexibility index (Phi) is 4.35. The van der Waals surface area contributed by atoms with E-state index in [0.29, 0.717) is 29.7 Å². The maximum atomic E-state index is 13.5. The molecule has 2 aromatic heterocycles. The molecule has 2 aliphatic rings. The van der Waals surface area contributed by atoms with Crippen LogP contribution in [-0.2, 0) is 13.1 Å². The van der Waals surface area contributed by atoms with Crippen molar-refractivity contribution in [2.45, 2.75) is 32.4 Å². The van der Waals surface area contributed by atoms with Crippen molar-refractivity contribution in [1.82, 2.24) is 14.5 Å². The molecule has 2 aliphatic heterocycles. The van der Waals surface area contributed by atoms with Gasteiger partial charge in [-0.1, -0.05) is 6.07 Å². The second-order valence-electron chi connectivity index (χ2n) is 8.07. The number of piperidine rings is 1. The molecule has 0 spiro atoms. The number of nitrogens with zero attached hydrogens (tertiary/aromatic N) is 3. The molecule has 3 aromatic rings. The van der Waals surface area contributed by atoms with E-state index in [1.165, 1.54) is 12.1 Å². The van der Waals surface area contributed by atoms with Gasteiger partial charge in [0, 0.05) is 55.5 Å². The number of hydrogen-bond donors (Lipinski definition) is 0. The van der Waals surface area contributed by atoms with Crippen molar-refractivity contribution in [1.29, 1.82) is 0 Å². The molecule has 0 saturated carbocycles. The predicted octanol–water partition coefficient (Wildman–Crippen LogP) is 3.71. The third-order valence-electron chi connectivity index (χ3n) is 5.93. The highest BCUT2D eigenvalue weighted by atomic mass is 19.1. The largest absolute Gasteiger partial charge is 0.441 e. The van der Waals surface area contributed by atoms with E-state index in [0.717, 1.165) is 43.5 Å². The highest BCUT2D eigenvalue weighted by Gasteiger charge is 2.34. The summed E-state index contributed by atoms with van der Waals surface area (Å²) in [5, 5.41) is 0. The van der Waals surface area contributed by atoms with Crippen LogP contribution >= 0.6 is 0 Å². The first-order valence-electron chi connectivity index (χ1n) is 9.81. The first-order chi connectivity index (χ1) is 14.0. The van der Waals surface area contributed by atoms with Crippen LogP contribution in [0.4, 0.5) is 8.78 Å². The normalized spacial score (nSPS) is 21.2. The number of benzene rings is 1. The molecule has 2 bridgehead atoms. The molecule has 1 fully saturated rings. The van der Waals surface area contributed by atoms with Gasteiger partial charge >= 0.3 is 0 Å². The predicted molar refractivity (Wildman–Crippen MR) is 103 cm³/mol. The number of rotatable bonds is 3. The van der Waals surface area contributed by atoms with E-state index in [1.807, 2.05) is 23.6 Å². The molecular weight excluding hydrogens is 376 g/mol. The second-order valence-corrected chi connectivity index (χ2v) is 8.07. The molecule has 7 heteroatoms. The Morgan fingerprint density at radius 1 is 1.14 bits per heavy atom. The van der Waals surface area contributed by atoms with Crippen LogP contribution in [0.5, 0.6) is 0 Å². The Labute approximate surface area is 166 Å². The minimum Gasteiger partial charge on any atom is -0.441 e. The fourth-order valence-electron chi connectivity index (χ4n) is 4.71. The van der Waals surface area contributed by atoms with Gasteiger partial charge in [0.25, 0.3) is 5.56 Å². The van der Waals surface area contributed by atoms with Gasteiger partial charge in [0.05, 0.1) is 5.69 Å². The Balaban J connectivity index is 1.38. The zero-order valence-electron chi connectivity index (χ0n) is 16.1. The Morgan fingerprint density at radius 2 is 1.93 bits per heavy atom. The van der Waals surface area contributed by atoms with E-state index in [9.17, 15) is 13.6 Å².